The molecule has 0 atom stereocenters. The minimum atomic E-state index is -4.21. The number of piperazine rings is 1. The first-order valence-electron chi connectivity index (χ1n) is 7.64. The maximum atomic E-state index is 13.8. The van der Waals surface area contributed by atoms with Crippen LogP contribution in [0.2, 0.25) is 0 Å². The van der Waals surface area contributed by atoms with E-state index in [0.29, 0.717) is 25.7 Å². The third-order valence-electron chi connectivity index (χ3n) is 4.10. The Kier molecular flexibility index (Phi) is 5.07. The predicted molar refractivity (Wildman–Crippen MR) is 84.6 cm³/mol. The first-order chi connectivity index (χ1) is 11.9. The molecule has 0 unspecified atom stereocenters. The van der Waals surface area contributed by atoms with E-state index in [4.69, 9.17) is 0 Å². The van der Waals surface area contributed by atoms with Gasteiger partial charge in [0.25, 0.3) is 0 Å². The van der Waals surface area contributed by atoms with Crippen molar-refractivity contribution in [2.24, 2.45) is 0 Å². The fourth-order valence-electron chi connectivity index (χ4n) is 2.72. The average Bonchev–Trinajstić information content (AvgIpc) is 2.61. The molecule has 3 rings (SSSR count). The fourth-order valence-corrected chi connectivity index (χ4v) is 4.20. The van der Waals surface area contributed by atoms with Crippen molar-refractivity contribution < 1.29 is 21.6 Å². The van der Waals surface area contributed by atoms with Crippen molar-refractivity contribution in [2.75, 3.05) is 26.2 Å². The quantitative estimate of drug-likeness (QED) is 0.772. The summed E-state index contributed by atoms with van der Waals surface area (Å²) in [6.07, 6.45) is 3.36. The van der Waals surface area contributed by atoms with E-state index in [0.717, 1.165) is 15.9 Å². The normalized spacial score (nSPS) is 16.9. The third kappa shape index (κ3) is 3.68. The lowest BCUT2D eigenvalue weighted by Gasteiger charge is -2.34. The molecular formula is C16H16F3N3O2S. The van der Waals surface area contributed by atoms with Crippen molar-refractivity contribution in [3.63, 3.8) is 0 Å². The molecule has 134 valence electrons. The summed E-state index contributed by atoms with van der Waals surface area (Å²) in [6, 6.07) is 5.12. The Morgan fingerprint density at radius 1 is 0.920 bits per heavy atom. The summed E-state index contributed by atoms with van der Waals surface area (Å²) in [6.45, 7) is 1.84. The van der Waals surface area contributed by atoms with Crippen molar-refractivity contribution in [3.05, 3.63) is 59.7 Å². The lowest BCUT2D eigenvalue weighted by molar-refractivity contribution is 0.181. The molecule has 2 heterocycles. The number of hydrogen-bond donors (Lipinski definition) is 0. The van der Waals surface area contributed by atoms with Crippen LogP contribution in [0.25, 0.3) is 0 Å². The zero-order valence-electron chi connectivity index (χ0n) is 13.2. The lowest BCUT2D eigenvalue weighted by Crippen LogP contribution is -2.48. The molecule has 0 radical (unpaired) electrons. The first-order valence-corrected chi connectivity index (χ1v) is 9.08. The Labute approximate surface area is 143 Å². The van der Waals surface area contributed by atoms with E-state index >= 15 is 0 Å². The molecule has 1 aromatic heterocycles. The van der Waals surface area contributed by atoms with E-state index in [1.807, 2.05) is 12.1 Å². The minimum absolute atomic E-state index is 0.145. The Morgan fingerprint density at radius 3 is 2.20 bits per heavy atom. The zero-order chi connectivity index (χ0) is 18.0. The van der Waals surface area contributed by atoms with Gasteiger partial charge in [-0.25, -0.2) is 21.6 Å². The van der Waals surface area contributed by atoms with Gasteiger partial charge in [-0.2, -0.15) is 4.31 Å². The predicted octanol–water partition coefficient (Wildman–Crippen LogP) is 2.01. The summed E-state index contributed by atoms with van der Waals surface area (Å²) in [5.41, 5.74) is 1.05. The number of benzene rings is 1. The zero-order valence-corrected chi connectivity index (χ0v) is 14.0. The molecule has 5 nitrogen and oxygen atoms in total. The van der Waals surface area contributed by atoms with Crippen molar-refractivity contribution in [1.29, 1.82) is 0 Å². The van der Waals surface area contributed by atoms with Gasteiger partial charge >= 0.3 is 0 Å². The highest BCUT2D eigenvalue weighted by molar-refractivity contribution is 7.89. The largest absolute Gasteiger partial charge is 0.296 e. The molecule has 1 aromatic carbocycles. The summed E-state index contributed by atoms with van der Waals surface area (Å²) >= 11 is 0. The summed E-state index contributed by atoms with van der Waals surface area (Å²) < 4.78 is 66.3. The SMILES string of the molecule is O=S(=O)(c1ccc(F)c(F)c1F)N1CCN(Cc2ccncc2)CC1. The monoisotopic (exact) mass is 371 g/mol. The second-order valence-electron chi connectivity index (χ2n) is 5.71. The molecule has 0 spiro atoms. The molecule has 0 N–H and O–H groups in total. The van der Waals surface area contributed by atoms with Gasteiger partial charge in [0.05, 0.1) is 0 Å². The van der Waals surface area contributed by atoms with E-state index in [9.17, 15) is 21.6 Å². The number of halogens is 3. The van der Waals surface area contributed by atoms with Crippen molar-refractivity contribution in [1.82, 2.24) is 14.2 Å². The molecule has 0 aliphatic carbocycles. The van der Waals surface area contributed by atoms with Crippen LogP contribution in [0.15, 0.2) is 41.6 Å². The maximum Gasteiger partial charge on any atom is 0.246 e. The van der Waals surface area contributed by atoms with Crippen LogP contribution >= 0.6 is 0 Å². The van der Waals surface area contributed by atoms with Gasteiger partial charge in [0.2, 0.25) is 10.0 Å². The third-order valence-corrected chi connectivity index (χ3v) is 6.02. The molecule has 2 aromatic rings. The first kappa shape index (κ1) is 17.8. The lowest BCUT2D eigenvalue weighted by atomic mass is 10.2. The van der Waals surface area contributed by atoms with E-state index in [1.165, 1.54) is 0 Å². The molecule has 9 heteroatoms. The van der Waals surface area contributed by atoms with Crippen LogP contribution in [0, 0.1) is 17.5 Å². The van der Waals surface area contributed by atoms with Crippen LogP contribution < -0.4 is 0 Å². The van der Waals surface area contributed by atoms with Gasteiger partial charge < -0.3 is 0 Å². The smallest absolute Gasteiger partial charge is 0.246 e. The molecule has 1 fully saturated rings. The average molecular weight is 371 g/mol. The van der Waals surface area contributed by atoms with Gasteiger partial charge in [-0.3, -0.25) is 9.88 Å². The van der Waals surface area contributed by atoms with Crippen molar-refractivity contribution in [2.45, 2.75) is 11.4 Å². The van der Waals surface area contributed by atoms with Crippen LogP contribution in [-0.2, 0) is 16.6 Å². The number of nitrogens with zero attached hydrogens (tertiary/aromatic N) is 3. The van der Waals surface area contributed by atoms with Gasteiger partial charge in [-0.1, -0.05) is 0 Å². The molecule has 0 amide bonds. The van der Waals surface area contributed by atoms with Gasteiger partial charge in [0.1, 0.15) is 4.90 Å². The summed E-state index contributed by atoms with van der Waals surface area (Å²) in [4.78, 5) is 5.16. The highest BCUT2D eigenvalue weighted by atomic mass is 32.2. The van der Waals surface area contributed by atoms with E-state index < -0.39 is 32.4 Å². The van der Waals surface area contributed by atoms with E-state index in [2.05, 4.69) is 9.88 Å². The molecule has 1 saturated heterocycles. The van der Waals surface area contributed by atoms with Crippen molar-refractivity contribution >= 4 is 10.0 Å². The Morgan fingerprint density at radius 2 is 1.56 bits per heavy atom. The molecule has 1 aliphatic heterocycles. The maximum absolute atomic E-state index is 13.8. The van der Waals surface area contributed by atoms with Crippen LogP contribution in [0.3, 0.4) is 0 Å². The number of aromatic nitrogens is 1. The molecule has 25 heavy (non-hydrogen) atoms. The van der Waals surface area contributed by atoms with E-state index in [1.54, 1.807) is 12.4 Å². The number of sulfonamides is 1. The van der Waals surface area contributed by atoms with Crippen LogP contribution in [0.5, 0.6) is 0 Å². The summed E-state index contributed by atoms with van der Waals surface area (Å²) in [5.74, 6) is -4.88. The van der Waals surface area contributed by atoms with Gasteiger partial charge in [0.15, 0.2) is 17.5 Å². The second-order valence-corrected chi connectivity index (χ2v) is 7.62. The second kappa shape index (κ2) is 7.11. The Bertz CT molecular complexity index is 854. The highest BCUT2D eigenvalue weighted by Crippen LogP contribution is 2.24. The molecular weight excluding hydrogens is 355 g/mol. The Hall–Kier alpha value is -1.97. The highest BCUT2D eigenvalue weighted by Gasteiger charge is 2.32. The molecule has 0 saturated carbocycles. The Balaban J connectivity index is 1.71. The fraction of sp³-hybridized carbons (Fsp3) is 0.312. The van der Waals surface area contributed by atoms with Gasteiger partial charge in [0, 0.05) is 45.1 Å². The standard InChI is InChI=1S/C16H16F3N3O2S/c17-13-1-2-14(16(19)15(13)18)25(23,24)22-9-7-21(8-10-22)11-12-3-5-20-6-4-12/h1-6H,7-11H2. The van der Waals surface area contributed by atoms with Crippen LogP contribution in [0.4, 0.5) is 13.2 Å². The van der Waals surface area contributed by atoms with Crippen LogP contribution in [-0.4, -0.2) is 48.8 Å². The minimum Gasteiger partial charge on any atom is -0.296 e. The number of hydrogen-bond acceptors (Lipinski definition) is 4. The topological polar surface area (TPSA) is 53.5 Å². The van der Waals surface area contributed by atoms with Gasteiger partial charge in [-0.05, 0) is 29.8 Å². The van der Waals surface area contributed by atoms with Crippen LogP contribution in [0.1, 0.15) is 5.56 Å². The molecule has 0 bridgehead atoms. The summed E-state index contributed by atoms with van der Waals surface area (Å²) in [5, 5.41) is 0. The van der Waals surface area contributed by atoms with E-state index in [-0.39, 0.29) is 13.1 Å². The van der Waals surface area contributed by atoms with Gasteiger partial charge in [-0.15, -0.1) is 0 Å². The summed E-state index contributed by atoms with van der Waals surface area (Å²) in [7, 11) is -4.21. The molecule has 1 aliphatic rings. The number of rotatable bonds is 4. The van der Waals surface area contributed by atoms with Crippen molar-refractivity contribution in [3.8, 4) is 0 Å². The number of pyridine rings is 1.